The van der Waals surface area contributed by atoms with E-state index in [9.17, 15) is 4.79 Å². The zero-order chi connectivity index (χ0) is 21.0. The second kappa shape index (κ2) is 7.84. The number of hydrogen-bond donors (Lipinski definition) is 1. The summed E-state index contributed by atoms with van der Waals surface area (Å²) in [7, 11) is 0. The normalized spacial score (nSPS) is 33.3. The molecule has 1 amide bonds. The van der Waals surface area contributed by atoms with Crippen LogP contribution >= 0.6 is 11.3 Å². The van der Waals surface area contributed by atoms with Crippen LogP contribution in [0.5, 0.6) is 0 Å². The predicted octanol–water partition coefficient (Wildman–Crippen LogP) is 6.07. The van der Waals surface area contributed by atoms with Crippen LogP contribution in [0, 0.1) is 29.1 Å². The minimum Gasteiger partial charge on any atom is -0.302 e. The quantitative estimate of drug-likeness (QED) is 0.617. The van der Waals surface area contributed by atoms with Gasteiger partial charge in [-0.25, -0.2) is 4.98 Å². The van der Waals surface area contributed by atoms with Crippen molar-refractivity contribution in [3.05, 3.63) is 23.8 Å². The van der Waals surface area contributed by atoms with Crippen LogP contribution in [-0.4, -0.2) is 28.9 Å². The summed E-state index contributed by atoms with van der Waals surface area (Å²) in [5.74, 6) is 3.72. The van der Waals surface area contributed by atoms with Crippen LogP contribution in [0.3, 0.4) is 0 Å². The standard InChI is InChI=1S/C26H35N3OS/c1-17-4-6-29(7-5-17)16-18-2-3-22-23(11-18)31-25(27-22)28-24(30)15-26-12-19-8-20(13-26)10-21(9-19)14-26/h2-3,11,17,19-21H,4-10,12-16H2,1H3,(H,27,28,30). The summed E-state index contributed by atoms with van der Waals surface area (Å²) in [4.78, 5) is 20.3. The maximum absolute atomic E-state index is 13.0. The lowest BCUT2D eigenvalue weighted by molar-refractivity contribution is -0.124. The van der Waals surface area contributed by atoms with Gasteiger partial charge in [0.05, 0.1) is 10.2 Å². The van der Waals surface area contributed by atoms with Crippen LogP contribution in [0.1, 0.15) is 70.3 Å². The first-order valence-corrected chi connectivity index (χ1v) is 13.3. The predicted molar refractivity (Wildman–Crippen MR) is 127 cm³/mol. The lowest BCUT2D eigenvalue weighted by Gasteiger charge is -2.56. The van der Waals surface area contributed by atoms with Crippen molar-refractivity contribution < 1.29 is 4.79 Å². The van der Waals surface area contributed by atoms with Crippen molar-refractivity contribution in [1.29, 1.82) is 0 Å². The highest BCUT2D eigenvalue weighted by molar-refractivity contribution is 7.22. The molecule has 4 bridgehead atoms. The van der Waals surface area contributed by atoms with Crippen molar-refractivity contribution in [2.75, 3.05) is 18.4 Å². The number of nitrogens with one attached hydrogen (secondary N) is 1. The molecule has 1 N–H and O–H groups in total. The van der Waals surface area contributed by atoms with Crippen LogP contribution in [0.2, 0.25) is 0 Å². The van der Waals surface area contributed by atoms with Gasteiger partial charge in [-0.3, -0.25) is 9.69 Å². The number of carbonyl (C=O) groups excluding carboxylic acids is 1. The first kappa shape index (κ1) is 20.2. The lowest BCUT2D eigenvalue weighted by Crippen LogP contribution is -2.47. The fraction of sp³-hybridized carbons (Fsp3) is 0.692. The highest BCUT2D eigenvalue weighted by Gasteiger charge is 2.51. The highest BCUT2D eigenvalue weighted by atomic mass is 32.1. The van der Waals surface area contributed by atoms with Crippen molar-refractivity contribution in [3.8, 4) is 0 Å². The Morgan fingerprint density at radius 2 is 1.81 bits per heavy atom. The van der Waals surface area contributed by atoms with Crippen molar-refractivity contribution in [1.82, 2.24) is 9.88 Å². The zero-order valence-corrected chi connectivity index (χ0v) is 19.6. The number of thiazole rings is 1. The molecule has 7 rings (SSSR count). The molecule has 4 aliphatic carbocycles. The molecular formula is C26H35N3OS. The van der Waals surface area contributed by atoms with Gasteiger partial charge in [-0.05, 0) is 111 Å². The summed E-state index contributed by atoms with van der Waals surface area (Å²) in [6.07, 6.45) is 11.4. The average molecular weight is 438 g/mol. The molecule has 0 unspecified atom stereocenters. The Hall–Kier alpha value is -1.46. The molecule has 31 heavy (non-hydrogen) atoms. The van der Waals surface area contributed by atoms with Crippen LogP contribution in [0.15, 0.2) is 18.2 Å². The molecule has 1 aliphatic heterocycles. The molecule has 1 aromatic heterocycles. The zero-order valence-electron chi connectivity index (χ0n) is 18.7. The van der Waals surface area contributed by atoms with Crippen LogP contribution in [0.4, 0.5) is 5.13 Å². The topological polar surface area (TPSA) is 45.2 Å². The van der Waals surface area contributed by atoms with E-state index < -0.39 is 0 Å². The monoisotopic (exact) mass is 437 g/mol. The number of fused-ring (bicyclic) bond motifs is 1. The Bertz CT molecular complexity index is 939. The van der Waals surface area contributed by atoms with Gasteiger partial charge >= 0.3 is 0 Å². The Morgan fingerprint density at radius 1 is 1.13 bits per heavy atom. The van der Waals surface area contributed by atoms with Crippen molar-refractivity contribution >= 4 is 32.6 Å². The summed E-state index contributed by atoms with van der Waals surface area (Å²) in [5, 5.41) is 3.94. The summed E-state index contributed by atoms with van der Waals surface area (Å²) in [6, 6.07) is 6.61. The number of carbonyl (C=O) groups is 1. The van der Waals surface area contributed by atoms with E-state index in [1.165, 1.54) is 74.7 Å². The van der Waals surface area contributed by atoms with E-state index >= 15 is 0 Å². The number of likely N-dealkylation sites (tertiary alicyclic amines) is 1. The van der Waals surface area contributed by atoms with E-state index in [0.717, 1.165) is 40.9 Å². The number of nitrogens with zero attached hydrogens (tertiary/aromatic N) is 2. The molecule has 5 aliphatic rings. The molecule has 0 spiro atoms. The van der Waals surface area contributed by atoms with E-state index in [0.29, 0.717) is 6.42 Å². The number of benzene rings is 1. The van der Waals surface area contributed by atoms with Gasteiger partial charge in [0, 0.05) is 13.0 Å². The van der Waals surface area contributed by atoms with E-state index in [-0.39, 0.29) is 11.3 Å². The first-order valence-electron chi connectivity index (χ1n) is 12.4. The maximum atomic E-state index is 13.0. The second-order valence-corrected chi connectivity index (χ2v) is 12.5. The minimum absolute atomic E-state index is 0.184. The van der Waals surface area contributed by atoms with Crippen LogP contribution < -0.4 is 5.32 Å². The smallest absolute Gasteiger partial charge is 0.226 e. The summed E-state index contributed by atoms with van der Waals surface area (Å²) in [6.45, 7) is 5.79. The second-order valence-electron chi connectivity index (χ2n) is 11.4. The van der Waals surface area contributed by atoms with Gasteiger partial charge in [0.25, 0.3) is 0 Å². The van der Waals surface area contributed by atoms with E-state index in [1.807, 2.05) is 0 Å². The van der Waals surface area contributed by atoms with E-state index in [2.05, 4.69) is 35.3 Å². The molecule has 0 radical (unpaired) electrons. The maximum Gasteiger partial charge on any atom is 0.226 e. The summed E-state index contributed by atoms with van der Waals surface area (Å²) < 4.78 is 1.19. The van der Waals surface area contributed by atoms with Crippen molar-refractivity contribution in [2.45, 2.75) is 71.3 Å². The number of amides is 1. The number of anilines is 1. The molecule has 2 aromatic rings. The van der Waals surface area contributed by atoms with Gasteiger partial charge in [0.1, 0.15) is 0 Å². The molecule has 1 saturated heterocycles. The first-order chi connectivity index (χ1) is 15.0. The van der Waals surface area contributed by atoms with Gasteiger partial charge in [0.2, 0.25) is 5.91 Å². The third-order valence-corrected chi connectivity index (χ3v) is 9.62. The largest absolute Gasteiger partial charge is 0.302 e. The molecule has 166 valence electrons. The summed E-state index contributed by atoms with van der Waals surface area (Å²) >= 11 is 1.63. The summed E-state index contributed by atoms with van der Waals surface area (Å²) in [5.41, 5.74) is 2.65. The van der Waals surface area contributed by atoms with E-state index in [1.54, 1.807) is 11.3 Å². The molecule has 4 nitrogen and oxygen atoms in total. The van der Waals surface area contributed by atoms with Crippen molar-refractivity contribution in [3.63, 3.8) is 0 Å². The number of piperidine rings is 1. The number of hydrogen-bond acceptors (Lipinski definition) is 4. The third kappa shape index (κ3) is 4.16. The van der Waals surface area contributed by atoms with Crippen LogP contribution in [0.25, 0.3) is 10.2 Å². The molecular weight excluding hydrogens is 402 g/mol. The van der Waals surface area contributed by atoms with E-state index in [4.69, 9.17) is 4.98 Å². The molecule has 5 fully saturated rings. The SMILES string of the molecule is CC1CCN(Cc2ccc3nc(NC(=O)CC45CC6CC(CC(C6)C4)C5)sc3c2)CC1. The average Bonchev–Trinajstić information content (AvgIpc) is 3.09. The molecule has 0 atom stereocenters. The van der Waals surface area contributed by atoms with Gasteiger partial charge in [-0.1, -0.05) is 24.3 Å². The Balaban J connectivity index is 1.11. The van der Waals surface area contributed by atoms with Gasteiger partial charge < -0.3 is 5.32 Å². The highest BCUT2D eigenvalue weighted by Crippen LogP contribution is 2.61. The number of rotatable bonds is 5. The molecule has 4 saturated carbocycles. The van der Waals surface area contributed by atoms with Gasteiger partial charge in [-0.15, -0.1) is 0 Å². The Labute approximate surface area is 189 Å². The van der Waals surface area contributed by atoms with Crippen molar-refractivity contribution in [2.24, 2.45) is 29.1 Å². The molecule has 2 heterocycles. The Kier molecular flexibility index (Phi) is 5.10. The third-order valence-electron chi connectivity index (χ3n) is 8.68. The fourth-order valence-corrected chi connectivity index (χ4v) is 8.56. The van der Waals surface area contributed by atoms with Gasteiger partial charge in [0.15, 0.2) is 5.13 Å². The fourth-order valence-electron chi connectivity index (χ4n) is 7.61. The van der Waals surface area contributed by atoms with Crippen LogP contribution in [-0.2, 0) is 11.3 Å². The minimum atomic E-state index is 0.184. The lowest BCUT2D eigenvalue weighted by atomic mass is 9.49. The van der Waals surface area contributed by atoms with Gasteiger partial charge in [-0.2, -0.15) is 0 Å². The number of aromatic nitrogens is 1. The molecule has 1 aromatic carbocycles. The Morgan fingerprint density at radius 3 is 2.48 bits per heavy atom. The molecule has 5 heteroatoms.